The molecule has 0 saturated heterocycles. The predicted octanol–water partition coefficient (Wildman–Crippen LogP) is 1.08. The first-order valence-corrected chi connectivity index (χ1v) is 5.39. The van der Waals surface area contributed by atoms with E-state index in [9.17, 15) is 4.79 Å². The average molecular weight is 229 g/mol. The fourth-order valence-electron chi connectivity index (χ4n) is 1.27. The summed E-state index contributed by atoms with van der Waals surface area (Å²) in [4.78, 5) is 11.1. The van der Waals surface area contributed by atoms with E-state index in [0.717, 1.165) is 5.56 Å². The molecule has 0 bridgehead atoms. The lowest BCUT2D eigenvalue weighted by molar-refractivity contribution is -0.119. The summed E-state index contributed by atoms with van der Waals surface area (Å²) in [5.41, 5.74) is 6.98. The highest BCUT2D eigenvalue weighted by molar-refractivity contribution is 5.76. The first-order chi connectivity index (χ1) is 8.26. The van der Waals surface area contributed by atoms with Crippen molar-refractivity contribution in [3.63, 3.8) is 0 Å². The Morgan fingerprint density at radius 3 is 2.71 bits per heavy atom. The van der Waals surface area contributed by atoms with Gasteiger partial charge in [-0.1, -0.05) is 18.2 Å². The van der Waals surface area contributed by atoms with Crippen molar-refractivity contribution in [2.24, 2.45) is 5.73 Å². The van der Waals surface area contributed by atoms with Crippen LogP contribution in [0.3, 0.4) is 0 Å². The summed E-state index contributed by atoms with van der Waals surface area (Å²) in [5.74, 6) is -0.0800. The van der Waals surface area contributed by atoms with Crippen LogP contribution in [0.1, 0.15) is 17.5 Å². The fraction of sp³-hybridized carbons (Fsp3) is 0.231. The number of nitriles is 1. The van der Waals surface area contributed by atoms with Gasteiger partial charge in [-0.3, -0.25) is 4.79 Å². The van der Waals surface area contributed by atoms with Crippen molar-refractivity contribution in [1.82, 2.24) is 5.32 Å². The van der Waals surface area contributed by atoms with Crippen LogP contribution in [0.15, 0.2) is 36.5 Å². The molecule has 0 radical (unpaired) electrons. The van der Waals surface area contributed by atoms with Gasteiger partial charge in [0.15, 0.2) is 0 Å². The van der Waals surface area contributed by atoms with Crippen LogP contribution in [0.2, 0.25) is 0 Å². The zero-order valence-electron chi connectivity index (χ0n) is 9.52. The quantitative estimate of drug-likeness (QED) is 0.793. The molecule has 1 aromatic rings. The molecule has 1 amide bonds. The maximum absolute atomic E-state index is 11.1. The maximum atomic E-state index is 11.1. The van der Waals surface area contributed by atoms with Crippen molar-refractivity contribution >= 4 is 5.91 Å². The third-order valence-corrected chi connectivity index (χ3v) is 2.17. The minimum absolute atomic E-state index is 0.0800. The molecule has 1 rings (SSSR count). The highest BCUT2D eigenvalue weighted by Gasteiger charge is 1.94. The summed E-state index contributed by atoms with van der Waals surface area (Å²) in [6.07, 6.45) is 4.53. The molecule has 88 valence electrons. The molecule has 3 N–H and O–H groups in total. The lowest BCUT2D eigenvalue weighted by atomic mass is 10.1. The number of carbonyl (C=O) groups is 1. The lowest BCUT2D eigenvalue weighted by Crippen LogP contribution is -2.20. The zero-order valence-corrected chi connectivity index (χ0v) is 9.52. The van der Waals surface area contributed by atoms with Gasteiger partial charge in [-0.15, -0.1) is 0 Å². The van der Waals surface area contributed by atoms with Crippen molar-refractivity contribution in [1.29, 1.82) is 5.26 Å². The average Bonchev–Trinajstić information content (AvgIpc) is 2.36. The number of amides is 1. The summed E-state index contributed by atoms with van der Waals surface area (Å²) in [5, 5.41) is 11.3. The number of nitrogens with one attached hydrogen (secondary N) is 1. The second-order valence-electron chi connectivity index (χ2n) is 3.52. The molecule has 0 unspecified atom stereocenters. The zero-order chi connectivity index (χ0) is 12.5. The van der Waals surface area contributed by atoms with Crippen LogP contribution in [-0.4, -0.2) is 12.5 Å². The molecular weight excluding hydrogens is 214 g/mol. The van der Waals surface area contributed by atoms with E-state index in [2.05, 4.69) is 11.4 Å². The number of nitrogens with zero attached hydrogens (tertiary/aromatic N) is 1. The normalized spacial score (nSPS) is 10.1. The molecule has 0 aromatic heterocycles. The Balaban J connectivity index is 2.37. The van der Waals surface area contributed by atoms with Gasteiger partial charge in [0.05, 0.1) is 11.6 Å². The maximum Gasteiger partial charge on any atom is 0.225 e. The van der Waals surface area contributed by atoms with Gasteiger partial charge in [-0.25, -0.2) is 0 Å². The van der Waals surface area contributed by atoms with E-state index in [0.29, 0.717) is 24.9 Å². The monoisotopic (exact) mass is 229 g/mol. The lowest BCUT2D eigenvalue weighted by Gasteiger charge is -1.98. The molecular formula is C13H15N3O. The van der Waals surface area contributed by atoms with Gasteiger partial charge in [0.1, 0.15) is 0 Å². The van der Waals surface area contributed by atoms with E-state index in [-0.39, 0.29) is 5.91 Å². The van der Waals surface area contributed by atoms with E-state index in [4.69, 9.17) is 11.0 Å². The van der Waals surface area contributed by atoms with Crippen molar-refractivity contribution in [3.05, 3.63) is 47.7 Å². The van der Waals surface area contributed by atoms with E-state index in [1.54, 1.807) is 18.3 Å². The third-order valence-electron chi connectivity index (χ3n) is 2.17. The van der Waals surface area contributed by atoms with E-state index >= 15 is 0 Å². The minimum atomic E-state index is -0.0800. The van der Waals surface area contributed by atoms with Crippen LogP contribution < -0.4 is 11.1 Å². The van der Waals surface area contributed by atoms with Crippen LogP contribution in [0.5, 0.6) is 0 Å². The van der Waals surface area contributed by atoms with Crippen molar-refractivity contribution in [3.8, 4) is 6.07 Å². The van der Waals surface area contributed by atoms with Crippen LogP contribution in [0, 0.1) is 11.3 Å². The Hall–Kier alpha value is -2.12. The van der Waals surface area contributed by atoms with E-state index < -0.39 is 0 Å². The van der Waals surface area contributed by atoms with Crippen LogP contribution in [0.4, 0.5) is 0 Å². The Bertz CT molecular complexity index is 429. The number of nitrogens with two attached hydrogens (primary N) is 1. The molecule has 4 heteroatoms. The van der Waals surface area contributed by atoms with Gasteiger partial charge >= 0.3 is 0 Å². The summed E-state index contributed by atoms with van der Waals surface area (Å²) in [6.45, 7) is 0.356. The van der Waals surface area contributed by atoms with Gasteiger partial charge in [-0.05, 0) is 24.1 Å². The number of benzene rings is 1. The smallest absolute Gasteiger partial charge is 0.225 e. The molecule has 0 fully saturated rings. The molecule has 17 heavy (non-hydrogen) atoms. The first-order valence-electron chi connectivity index (χ1n) is 5.39. The third kappa shape index (κ3) is 4.96. The van der Waals surface area contributed by atoms with Gasteiger partial charge in [0.2, 0.25) is 5.91 Å². The van der Waals surface area contributed by atoms with E-state index in [1.807, 2.05) is 18.2 Å². The van der Waals surface area contributed by atoms with Gasteiger partial charge in [0.25, 0.3) is 0 Å². The Morgan fingerprint density at radius 2 is 2.12 bits per heavy atom. The minimum Gasteiger partial charge on any atom is -0.333 e. The highest BCUT2D eigenvalue weighted by atomic mass is 16.1. The summed E-state index contributed by atoms with van der Waals surface area (Å²) in [7, 11) is 0. The number of carbonyl (C=O) groups excluding carboxylic acids is 1. The number of hydrogen-bond acceptors (Lipinski definition) is 3. The fourth-order valence-corrected chi connectivity index (χ4v) is 1.27. The highest BCUT2D eigenvalue weighted by Crippen LogP contribution is 2.04. The summed E-state index contributed by atoms with van der Waals surface area (Å²) >= 11 is 0. The van der Waals surface area contributed by atoms with Crippen molar-refractivity contribution in [2.75, 3.05) is 6.54 Å². The predicted molar refractivity (Wildman–Crippen MR) is 65.8 cm³/mol. The van der Waals surface area contributed by atoms with E-state index in [1.165, 1.54) is 0 Å². The van der Waals surface area contributed by atoms with Crippen molar-refractivity contribution in [2.45, 2.75) is 12.8 Å². The topological polar surface area (TPSA) is 78.9 Å². The molecule has 1 aromatic carbocycles. The molecule has 0 heterocycles. The van der Waals surface area contributed by atoms with Crippen LogP contribution in [-0.2, 0) is 11.2 Å². The van der Waals surface area contributed by atoms with Gasteiger partial charge in [0, 0.05) is 19.2 Å². The molecule has 0 saturated carbocycles. The summed E-state index contributed by atoms with van der Waals surface area (Å²) < 4.78 is 0. The molecule has 0 aliphatic rings. The standard InChI is InChI=1S/C13H15N3O/c14-8-7-13(17)16-9-1-2-11-3-5-12(10-15)6-4-11/h1,3-6,9H,2,7-8,14H2,(H,16,17). The molecule has 0 aliphatic heterocycles. The Morgan fingerprint density at radius 1 is 1.41 bits per heavy atom. The first kappa shape index (κ1) is 12.9. The Kier molecular flexibility index (Phi) is 5.49. The molecule has 0 aliphatic carbocycles. The molecule has 0 atom stereocenters. The largest absolute Gasteiger partial charge is 0.333 e. The van der Waals surface area contributed by atoms with Crippen molar-refractivity contribution < 1.29 is 4.79 Å². The molecule has 0 spiro atoms. The van der Waals surface area contributed by atoms with Crippen LogP contribution >= 0.6 is 0 Å². The number of hydrogen-bond donors (Lipinski definition) is 2. The second-order valence-corrected chi connectivity index (χ2v) is 3.52. The van der Waals surface area contributed by atoms with Gasteiger partial charge < -0.3 is 11.1 Å². The van der Waals surface area contributed by atoms with Gasteiger partial charge in [-0.2, -0.15) is 5.26 Å². The SMILES string of the molecule is N#Cc1ccc(CC=CNC(=O)CCN)cc1. The van der Waals surface area contributed by atoms with Crippen LogP contribution in [0.25, 0.3) is 0 Å². The second kappa shape index (κ2) is 7.20. The molecule has 4 nitrogen and oxygen atoms in total. The Labute approximate surface area is 101 Å². The number of rotatable bonds is 5. The number of allylic oxidation sites excluding steroid dienone is 1. The summed E-state index contributed by atoms with van der Waals surface area (Å²) in [6, 6.07) is 9.40.